The number of rotatable bonds is 7. The van der Waals surface area contributed by atoms with Crippen LogP contribution in [0.2, 0.25) is 0 Å². The molecule has 0 heterocycles. The van der Waals surface area contributed by atoms with Gasteiger partial charge in [-0.05, 0) is 42.9 Å². The predicted octanol–water partition coefficient (Wildman–Crippen LogP) is 3.77. The van der Waals surface area contributed by atoms with Crippen molar-refractivity contribution in [2.75, 3.05) is 18.6 Å². The fourth-order valence-electron chi connectivity index (χ4n) is 1.47. The van der Waals surface area contributed by atoms with Crippen LogP contribution in [-0.4, -0.2) is 18.6 Å². The molecule has 0 N–H and O–H groups in total. The molecule has 0 saturated heterocycles. The normalized spacial score (nSPS) is 10.3. The molecule has 0 aromatic heterocycles. The summed E-state index contributed by atoms with van der Waals surface area (Å²) >= 11 is 1.90. The van der Waals surface area contributed by atoms with Gasteiger partial charge in [-0.1, -0.05) is 25.1 Å². The Kier molecular flexibility index (Phi) is 6.33. The van der Waals surface area contributed by atoms with Gasteiger partial charge in [-0.25, -0.2) is 0 Å². The second kappa shape index (κ2) is 7.63. The summed E-state index contributed by atoms with van der Waals surface area (Å²) in [5.74, 6) is 2.29. The lowest BCUT2D eigenvalue weighted by molar-refractivity contribution is 0.307. The Balaban J connectivity index is 2.30. The molecule has 0 spiro atoms. The van der Waals surface area contributed by atoms with Crippen LogP contribution in [0.4, 0.5) is 0 Å². The van der Waals surface area contributed by atoms with Gasteiger partial charge in [0.2, 0.25) is 0 Å². The summed E-state index contributed by atoms with van der Waals surface area (Å²) in [5, 5.41) is 0. The number of hydrogen-bond donors (Lipinski definition) is 0. The minimum Gasteiger partial charge on any atom is -0.493 e. The molecule has 0 atom stereocenters. The molecule has 84 valence electrons. The molecule has 0 unspecified atom stereocenters. The standard InChI is InChI=1S/C13H20OS/c1-3-12-8-4-5-9-13(12)14-10-6-7-11-15-2/h4-5,8-9H,3,6-7,10-11H2,1-2H3. The number of hydrogen-bond acceptors (Lipinski definition) is 2. The van der Waals surface area contributed by atoms with Crippen LogP contribution in [-0.2, 0) is 6.42 Å². The van der Waals surface area contributed by atoms with Gasteiger partial charge in [0, 0.05) is 0 Å². The summed E-state index contributed by atoms with van der Waals surface area (Å²) in [5.41, 5.74) is 1.31. The van der Waals surface area contributed by atoms with Gasteiger partial charge in [-0.3, -0.25) is 0 Å². The van der Waals surface area contributed by atoms with Crippen molar-refractivity contribution in [3.63, 3.8) is 0 Å². The van der Waals surface area contributed by atoms with Crippen LogP contribution in [0.25, 0.3) is 0 Å². The second-order valence-electron chi connectivity index (χ2n) is 3.51. The van der Waals surface area contributed by atoms with E-state index in [1.165, 1.54) is 17.7 Å². The van der Waals surface area contributed by atoms with E-state index >= 15 is 0 Å². The van der Waals surface area contributed by atoms with E-state index in [4.69, 9.17) is 4.74 Å². The number of thioether (sulfide) groups is 1. The lowest BCUT2D eigenvalue weighted by atomic mass is 10.1. The van der Waals surface area contributed by atoms with Crippen molar-refractivity contribution in [3.05, 3.63) is 29.8 Å². The number of para-hydroxylation sites is 1. The average molecular weight is 224 g/mol. The van der Waals surface area contributed by atoms with Gasteiger partial charge in [0.15, 0.2) is 0 Å². The highest BCUT2D eigenvalue weighted by Gasteiger charge is 1.99. The minimum atomic E-state index is 0.845. The second-order valence-corrected chi connectivity index (χ2v) is 4.50. The van der Waals surface area contributed by atoms with E-state index in [9.17, 15) is 0 Å². The monoisotopic (exact) mass is 224 g/mol. The van der Waals surface area contributed by atoms with Crippen LogP contribution in [0.1, 0.15) is 25.3 Å². The maximum absolute atomic E-state index is 5.77. The number of aryl methyl sites for hydroxylation is 1. The third kappa shape index (κ3) is 4.61. The third-order valence-corrected chi connectivity index (χ3v) is 3.05. The topological polar surface area (TPSA) is 9.23 Å². The Morgan fingerprint density at radius 2 is 2.00 bits per heavy atom. The van der Waals surface area contributed by atoms with Crippen molar-refractivity contribution >= 4 is 11.8 Å². The van der Waals surface area contributed by atoms with E-state index in [1.807, 2.05) is 17.8 Å². The van der Waals surface area contributed by atoms with Crippen LogP contribution in [0.5, 0.6) is 5.75 Å². The summed E-state index contributed by atoms with van der Waals surface area (Å²) in [6, 6.07) is 8.31. The zero-order valence-corrected chi connectivity index (χ0v) is 10.5. The molecule has 0 radical (unpaired) electrons. The highest BCUT2D eigenvalue weighted by molar-refractivity contribution is 7.98. The fraction of sp³-hybridized carbons (Fsp3) is 0.538. The van der Waals surface area contributed by atoms with E-state index < -0.39 is 0 Å². The number of ether oxygens (including phenoxy) is 1. The Hall–Kier alpha value is -0.630. The summed E-state index contributed by atoms with van der Waals surface area (Å²) < 4.78 is 5.77. The first-order chi connectivity index (χ1) is 7.38. The summed E-state index contributed by atoms with van der Waals surface area (Å²) in [6.07, 6.45) is 5.59. The first-order valence-corrected chi connectivity index (χ1v) is 6.97. The molecule has 0 saturated carbocycles. The molecule has 0 aliphatic heterocycles. The molecule has 2 heteroatoms. The number of unbranched alkanes of at least 4 members (excludes halogenated alkanes) is 1. The highest BCUT2D eigenvalue weighted by Crippen LogP contribution is 2.18. The van der Waals surface area contributed by atoms with E-state index in [0.29, 0.717) is 0 Å². The number of benzene rings is 1. The molecular weight excluding hydrogens is 204 g/mol. The van der Waals surface area contributed by atoms with E-state index in [1.54, 1.807) is 0 Å². The van der Waals surface area contributed by atoms with Crippen molar-refractivity contribution in [2.24, 2.45) is 0 Å². The van der Waals surface area contributed by atoms with Gasteiger partial charge >= 0.3 is 0 Å². The molecule has 0 bridgehead atoms. The van der Waals surface area contributed by atoms with Crippen molar-refractivity contribution in [1.82, 2.24) is 0 Å². The zero-order valence-electron chi connectivity index (χ0n) is 9.66. The smallest absolute Gasteiger partial charge is 0.122 e. The maximum atomic E-state index is 5.77. The molecule has 0 aliphatic rings. The highest BCUT2D eigenvalue weighted by atomic mass is 32.2. The largest absolute Gasteiger partial charge is 0.493 e. The molecule has 1 aromatic rings. The van der Waals surface area contributed by atoms with E-state index in [0.717, 1.165) is 25.2 Å². The van der Waals surface area contributed by atoms with Gasteiger partial charge in [-0.15, -0.1) is 0 Å². The maximum Gasteiger partial charge on any atom is 0.122 e. The molecule has 15 heavy (non-hydrogen) atoms. The minimum absolute atomic E-state index is 0.845. The lowest BCUT2D eigenvalue weighted by Crippen LogP contribution is -2.00. The summed E-state index contributed by atoms with van der Waals surface area (Å²) in [4.78, 5) is 0. The molecule has 0 fully saturated rings. The average Bonchev–Trinajstić information content (AvgIpc) is 2.29. The van der Waals surface area contributed by atoms with Crippen LogP contribution in [0.15, 0.2) is 24.3 Å². The Bertz CT molecular complexity index is 273. The summed E-state index contributed by atoms with van der Waals surface area (Å²) in [6.45, 7) is 3.01. The first kappa shape index (κ1) is 12.4. The lowest BCUT2D eigenvalue weighted by Gasteiger charge is -2.09. The Labute approximate surface area is 97.2 Å². The SMILES string of the molecule is CCc1ccccc1OCCCCSC. The molecule has 1 aromatic carbocycles. The third-order valence-electron chi connectivity index (χ3n) is 2.35. The van der Waals surface area contributed by atoms with Crippen molar-refractivity contribution in [2.45, 2.75) is 26.2 Å². The Morgan fingerprint density at radius 1 is 1.20 bits per heavy atom. The first-order valence-electron chi connectivity index (χ1n) is 5.58. The van der Waals surface area contributed by atoms with Crippen LogP contribution < -0.4 is 4.74 Å². The predicted molar refractivity (Wildman–Crippen MR) is 68.9 cm³/mol. The van der Waals surface area contributed by atoms with Gasteiger partial charge in [0.25, 0.3) is 0 Å². The van der Waals surface area contributed by atoms with Crippen LogP contribution in [0.3, 0.4) is 0 Å². The molecule has 1 rings (SSSR count). The van der Waals surface area contributed by atoms with Crippen LogP contribution in [0, 0.1) is 0 Å². The van der Waals surface area contributed by atoms with Crippen LogP contribution >= 0.6 is 11.8 Å². The quantitative estimate of drug-likeness (QED) is 0.652. The van der Waals surface area contributed by atoms with Crippen molar-refractivity contribution in [3.8, 4) is 5.75 Å². The van der Waals surface area contributed by atoms with Crippen molar-refractivity contribution in [1.29, 1.82) is 0 Å². The Morgan fingerprint density at radius 3 is 2.73 bits per heavy atom. The van der Waals surface area contributed by atoms with Gasteiger partial charge in [0.1, 0.15) is 5.75 Å². The van der Waals surface area contributed by atoms with Gasteiger partial charge in [0.05, 0.1) is 6.61 Å². The summed E-state index contributed by atoms with van der Waals surface area (Å²) in [7, 11) is 0. The fourth-order valence-corrected chi connectivity index (χ4v) is 1.96. The molecule has 1 nitrogen and oxygen atoms in total. The van der Waals surface area contributed by atoms with E-state index in [-0.39, 0.29) is 0 Å². The van der Waals surface area contributed by atoms with Gasteiger partial charge in [-0.2, -0.15) is 11.8 Å². The van der Waals surface area contributed by atoms with E-state index in [2.05, 4.69) is 31.4 Å². The van der Waals surface area contributed by atoms with Gasteiger partial charge < -0.3 is 4.74 Å². The molecule has 0 amide bonds. The molecule has 0 aliphatic carbocycles. The molecular formula is C13H20OS. The van der Waals surface area contributed by atoms with Crippen molar-refractivity contribution < 1.29 is 4.74 Å². The zero-order chi connectivity index (χ0) is 10.9.